The summed E-state index contributed by atoms with van der Waals surface area (Å²) < 4.78 is 4.96. The van der Waals surface area contributed by atoms with Gasteiger partial charge in [-0.05, 0) is 26.4 Å². The molecular weight excluding hydrogens is 206 g/mol. The van der Waals surface area contributed by atoms with Crippen LogP contribution in [0, 0.1) is 0 Å². The van der Waals surface area contributed by atoms with Crippen LogP contribution < -0.4 is 16.6 Å². The van der Waals surface area contributed by atoms with Crippen molar-refractivity contribution < 1.29 is 4.74 Å². The summed E-state index contributed by atoms with van der Waals surface area (Å²) in [7, 11) is 3.81. The summed E-state index contributed by atoms with van der Waals surface area (Å²) >= 11 is 0. The molecule has 0 aromatic rings. The molecule has 1 fully saturated rings. The van der Waals surface area contributed by atoms with E-state index in [2.05, 4.69) is 27.7 Å². The SMILES string of the molecule is COCCCN=C(NN)NC1CCN(C)C1. The highest BCUT2D eigenvalue weighted by molar-refractivity contribution is 5.79. The van der Waals surface area contributed by atoms with Crippen molar-refractivity contribution in [2.24, 2.45) is 10.8 Å². The molecule has 1 saturated heterocycles. The highest BCUT2D eigenvalue weighted by Gasteiger charge is 2.19. The molecule has 0 aliphatic carbocycles. The number of hydrogen-bond donors (Lipinski definition) is 3. The van der Waals surface area contributed by atoms with Crippen LogP contribution in [0.3, 0.4) is 0 Å². The van der Waals surface area contributed by atoms with Crippen molar-refractivity contribution in [3.05, 3.63) is 0 Å². The number of guanidine groups is 1. The number of hydrogen-bond acceptors (Lipinski definition) is 4. The Labute approximate surface area is 97.2 Å². The maximum Gasteiger partial charge on any atom is 0.205 e. The van der Waals surface area contributed by atoms with E-state index in [4.69, 9.17) is 10.6 Å². The lowest BCUT2D eigenvalue weighted by molar-refractivity contribution is 0.197. The minimum atomic E-state index is 0.447. The van der Waals surface area contributed by atoms with Crippen LogP contribution in [0.25, 0.3) is 0 Å². The zero-order valence-electron chi connectivity index (χ0n) is 10.2. The maximum absolute atomic E-state index is 5.41. The zero-order valence-corrected chi connectivity index (χ0v) is 10.2. The lowest BCUT2D eigenvalue weighted by atomic mass is 10.3. The maximum atomic E-state index is 5.41. The first-order valence-electron chi connectivity index (χ1n) is 5.71. The Bertz CT molecular complexity index is 221. The van der Waals surface area contributed by atoms with Gasteiger partial charge in [-0.15, -0.1) is 0 Å². The number of aliphatic imine (C=N–C) groups is 1. The van der Waals surface area contributed by atoms with Gasteiger partial charge < -0.3 is 15.0 Å². The van der Waals surface area contributed by atoms with Crippen molar-refractivity contribution in [2.75, 3.05) is 40.4 Å². The van der Waals surface area contributed by atoms with Crippen LogP contribution in [-0.4, -0.2) is 57.3 Å². The van der Waals surface area contributed by atoms with Crippen LogP contribution in [0.2, 0.25) is 0 Å². The molecule has 1 atom stereocenters. The number of hydrazine groups is 1. The van der Waals surface area contributed by atoms with Crippen LogP contribution in [0.4, 0.5) is 0 Å². The standard InChI is InChI=1S/C10H23N5O/c1-15-6-4-9(8-15)13-10(14-11)12-5-3-7-16-2/h9H,3-8,11H2,1-2H3,(H2,12,13,14). The summed E-state index contributed by atoms with van der Waals surface area (Å²) in [5, 5.41) is 3.30. The molecular formula is C10H23N5O. The number of methoxy groups -OCH3 is 1. The number of likely N-dealkylation sites (N-methyl/N-ethyl adjacent to an activating group) is 1. The molecule has 0 radical (unpaired) electrons. The quantitative estimate of drug-likeness (QED) is 0.188. The molecule has 6 heteroatoms. The zero-order chi connectivity index (χ0) is 11.8. The van der Waals surface area contributed by atoms with Crippen molar-refractivity contribution in [1.29, 1.82) is 0 Å². The first-order chi connectivity index (χ1) is 7.76. The lowest BCUT2D eigenvalue weighted by Gasteiger charge is -2.15. The van der Waals surface area contributed by atoms with Gasteiger partial charge in [0.15, 0.2) is 0 Å². The average molecular weight is 229 g/mol. The van der Waals surface area contributed by atoms with Gasteiger partial charge >= 0.3 is 0 Å². The Morgan fingerprint density at radius 1 is 1.62 bits per heavy atom. The first-order valence-corrected chi connectivity index (χ1v) is 5.71. The number of nitrogens with one attached hydrogen (secondary N) is 2. The van der Waals surface area contributed by atoms with E-state index < -0.39 is 0 Å². The fourth-order valence-electron chi connectivity index (χ4n) is 1.78. The Morgan fingerprint density at radius 3 is 3.00 bits per heavy atom. The van der Waals surface area contributed by atoms with Gasteiger partial charge in [0.1, 0.15) is 0 Å². The molecule has 94 valence electrons. The largest absolute Gasteiger partial charge is 0.385 e. The average Bonchev–Trinajstić information content (AvgIpc) is 2.68. The van der Waals surface area contributed by atoms with E-state index in [1.54, 1.807) is 7.11 Å². The van der Waals surface area contributed by atoms with Crippen LogP contribution in [0.5, 0.6) is 0 Å². The van der Waals surface area contributed by atoms with E-state index >= 15 is 0 Å². The molecule has 0 saturated carbocycles. The van der Waals surface area contributed by atoms with E-state index in [-0.39, 0.29) is 0 Å². The van der Waals surface area contributed by atoms with Gasteiger partial charge in [0.25, 0.3) is 0 Å². The van der Waals surface area contributed by atoms with Crippen molar-refractivity contribution in [2.45, 2.75) is 18.9 Å². The van der Waals surface area contributed by atoms with Crippen LogP contribution >= 0.6 is 0 Å². The Kier molecular flexibility index (Phi) is 6.14. The van der Waals surface area contributed by atoms with Gasteiger partial charge in [-0.1, -0.05) is 0 Å². The van der Waals surface area contributed by atoms with Gasteiger partial charge in [0, 0.05) is 32.8 Å². The Hall–Kier alpha value is -0.850. The third-order valence-corrected chi connectivity index (χ3v) is 2.65. The molecule has 0 amide bonds. The summed E-state index contributed by atoms with van der Waals surface area (Å²) in [5.41, 5.74) is 2.60. The number of ether oxygens (including phenoxy) is 1. The minimum Gasteiger partial charge on any atom is -0.385 e. The summed E-state index contributed by atoms with van der Waals surface area (Å²) in [6, 6.07) is 0.447. The van der Waals surface area contributed by atoms with Crippen molar-refractivity contribution in [3.8, 4) is 0 Å². The van der Waals surface area contributed by atoms with Crippen molar-refractivity contribution in [1.82, 2.24) is 15.6 Å². The molecule has 1 heterocycles. The van der Waals surface area contributed by atoms with Gasteiger partial charge in [0.05, 0.1) is 0 Å². The molecule has 0 bridgehead atoms. The highest BCUT2D eigenvalue weighted by atomic mass is 16.5. The third-order valence-electron chi connectivity index (χ3n) is 2.65. The molecule has 1 rings (SSSR count). The second-order valence-corrected chi connectivity index (χ2v) is 4.11. The number of rotatable bonds is 5. The second-order valence-electron chi connectivity index (χ2n) is 4.11. The minimum absolute atomic E-state index is 0.447. The monoisotopic (exact) mass is 229 g/mol. The van der Waals surface area contributed by atoms with Gasteiger partial charge in [-0.25, -0.2) is 5.84 Å². The summed E-state index contributed by atoms with van der Waals surface area (Å²) in [6.45, 7) is 3.62. The van der Waals surface area contributed by atoms with E-state index in [0.717, 1.165) is 39.1 Å². The number of nitrogens with two attached hydrogens (primary N) is 1. The summed E-state index contributed by atoms with van der Waals surface area (Å²) in [4.78, 5) is 6.63. The molecule has 16 heavy (non-hydrogen) atoms. The van der Waals surface area contributed by atoms with Gasteiger partial charge in [-0.2, -0.15) is 0 Å². The fourth-order valence-corrected chi connectivity index (χ4v) is 1.78. The molecule has 4 N–H and O–H groups in total. The smallest absolute Gasteiger partial charge is 0.205 e. The molecule has 1 aliphatic heterocycles. The van der Waals surface area contributed by atoms with Crippen LogP contribution in [-0.2, 0) is 4.74 Å². The summed E-state index contributed by atoms with van der Waals surface area (Å²) in [6.07, 6.45) is 2.04. The topological polar surface area (TPSA) is 74.9 Å². The molecule has 6 nitrogen and oxygen atoms in total. The van der Waals surface area contributed by atoms with Gasteiger partial charge in [0.2, 0.25) is 5.96 Å². The summed E-state index contributed by atoms with van der Waals surface area (Å²) in [5.74, 6) is 6.09. The molecule has 0 aromatic heterocycles. The van der Waals surface area contributed by atoms with E-state index in [1.165, 1.54) is 0 Å². The van der Waals surface area contributed by atoms with E-state index in [9.17, 15) is 0 Å². The van der Waals surface area contributed by atoms with Crippen molar-refractivity contribution in [3.63, 3.8) is 0 Å². The van der Waals surface area contributed by atoms with Crippen molar-refractivity contribution >= 4 is 5.96 Å². The lowest BCUT2D eigenvalue weighted by Crippen LogP contribution is -2.47. The predicted octanol–water partition coefficient (Wildman–Crippen LogP) is -0.864. The predicted molar refractivity (Wildman–Crippen MR) is 65.2 cm³/mol. The molecule has 0 aromatic carbocycles. The highest BCUT2D eigenvalue weighted by Crippen LogP contribution is 2.05. The molecule has 1 unspecified atom stereocenters. The number of nitrogens with zero attached hydrogens (tertiary/aromatic N) is 2. The van der Waals surface area contributed by atoms with E-state index in [0.29, 0.717) is 12.0 Å². The van der Waals surface area contributed by atoms with E-state index in [1.807, 2.05) is 0 Å². The number of likely N-dealkylation sites (tertiary alicyclic amines) is 1. The third kappa shape index (κ3) is 4.78. The Morgan fingerprint density at radius 2 is 2.44 bits per heavy atom. The van der Waals surface area contributed by atoms with Crippen LogP contribution in [0.1, 0.15) is 12.8 Å². The first kappa shape index (κ1) is 13.2. The second kappa shape index (κ2) is 7.43. The van der Waals surface area contributed by atoms with Crippen LogP contribution in [0.15, 0.2) is 4.99 Å². The van der Waals surface area contributed by atoms with Gasteiger partial charge in [-0.3, -0.25) is 10.4 Å². The normalized spacial score (nSPS) is 22.4. The molecule has 1 aliphatic rings. The fraction of sp³-hybridized carbons (Fsp3) is 0.900. The molecule has 0 spiro atoms. The Balaban J connectivity index is 2.25.